The number of nitrogens with two attached hydrogens (primary N) is 2. The van der Waals surface area contributed by atoms with Gasteiger partial charge in [0.25, 0.3) is 0 Å². The minimum absolute atomic E-state index is 0.352. The summed E-state index contributed by atoms with van der Waals surface area (Å²) >= 11 is 0. The smallest absolute Gasteiger partial charge is 0.0557 e. The molecule has 0 saturated heterocycles. The van der Waals surface area contributed by atoms with Crippen LogP contribution in [0.1, 0.15) is 168 Å². The van der Waals surface area contributed by atoms with E-state index in [-0.39, 0.29) is 12.2 Å². The molecule has 0 saturated carbocycles. The van der Waals surface area contributed by atoms with Crippen molar-refractivity contribution >= 4 is 0 Å². The van der Waals surface area contributed by atoms with Gasteiger partial charge in [0, 0.05) is 5.54 Å². The number of aliphatic hydroxyl groups is 2. The van der Waals surface area contributed by atoms with E-state index in [4.69, 9.17) is 11.5 Å². The van der Waals surface area contributed by atoms with Gasteiger partial charge < -0.3 is 21.7 Å². The van der Waals surface area contributed by atoms with Crippen molar-refractivity contribution in [3.63, 3.8) is 0 Å². The van der Waals surface area contributed by atoms with Gasteiger partial charge in [-0.1, -0.05) is 129 Å². The van der Waals surface area contributed by atoms with Gasteiger partial charge in [-0.3, -0.25) is 0 Å². The lowest BCUT2D eigenvalue weighted by molar-refractivity contribution is 0.0731. The van der Waals surface area contributed by atoms with Crippen LogP contribution in [0.2, 0.25) is 0 Å². The van der Waals surface area contributed by atoms with Crippen LogP contribution < -0.4 is 11.5 Å². The number of hydrogen-bond donors (Lipinski definition) is 4. The maximum atomic E-state index is 10.7. The second-order valence-corrected chi connectivity index (χ2v) is 11.2. The van der Waals surface area contributed by atoms with Gasteiger partial charge in [-0.25, -0.2) is 0 Å². The topological polar surface area (TPSA) is 92.5 Å². The second-order valence-electron chi connectivity index (χ2n) is 11.2. The monoisotopic (exact) mass is 484 g/mol. The molecule has 2 atom stereocenters. The zero-order valence-electron chi connectivity index (χ0n) is 23.4. The average molecular weight is 485 g/mol. The first kappa shape index (κ1) is 33.8. The Morgan fingerprint density at radius 3 is 1.26 bits per heavy atom. The lowest BCUT2D eigenvalue weighted by atomic mass is 9.81. The molecular weight excluding hydrogens is 420 g/mol. The maximum Gasteiger partial charge on any atom is 0.0557 e. The summed E-state index contributed by atoms with van der Waals surface area (Å²) < 4.78 is 0. The first-order valence-corrected chi connectivity index (χ1v) is 15.3. The zero-order chi connectivity index (χ0) is 25.3. The Morgan fingerprint density at radius 2 is 0.882 bits per heavy atom. The minimum Gasteiger partial charge on any atom is -0.393 e. The van der Waals surface area contributed by atoms with Crippen LogP contribution in [0.25, 0.3) is 0 Å². The summed E-state index contributed by atoms with van der Waals surface area (Å²) in [4.78, 5) is 0. The van der Waals surface area contributed by atoms with Crippen molar-refractivity contribution in [3.8, 4) is 0 Å². The summed E-state index contributed by atoms with van der Waals surface area (Å²) in [5.74, 6) is 0. The lowest BCUT2D eigenvalue weighted by Crippen LogP contribution is -2.45. The van der Waals surface area contributed by atoms with E-state index in [0.717, 1.165) is 57.9 Å². The summed E-state index contributed by atoms with van der Waals surface area (Å²) in [6.07, 6.45) is 26.7. The van der Waals surface area contributed by atoms with E-state index < -0.39 is 5.54 Å². The molecule has 0 aromatic carbocycles. The molecular formula is C30H64N2O2. The standard InChI is InChI=1S/C30H64N2O2/c1-3-5-7-9-11-13-15-18-22-28(33)26-30(32,24-20-17-21-25-31)27-29(34)23-19-16-14-12-10-8-6-4-2/h28-29,33-34H,3-27,31-32H2,1-2H3. The molecule has 6 N–H and O–H groups in total. The molecule has 0 aliphatic heterocycles. The highest BCUT2D eigenvalue weighted by atomic mass is 16.3. The molecule has 34 heavy (non-hydrogen) atoms. The van der Waals surface area contributed by atoms with E-state index in [1.165, 1.54) is 89.9 Å². The van der Waals surface area contributed by atoms with E-state index in [1.807, 2.05) is 0 Å². The molecule has 0 amide bonds. The number of hydrogen-bond acceptors (Lipinski definition) is 4. The fourth-order valence-corrected chi connectivity index (χ4v) is 5.26. The van der Waals surface area contributed by atoms with E-state index in [1.54, 1.807) is 0 Å². The van der Waals surface area contributed by atoms with Gasteiger partial charge >= 0.3 is 0 Å². The highest BCUT2D eigenvalue weighted by Crippen LogP contribution is 2.27. The summed E-state index contributed by atoms with van der Waals surface area (Å²) in [5.41, 5.74) is 12.0. The third-order valence-electron chi connectivity index (χ3n) is 7.44. The van der Waals surface area contributed by atoms with Gasteiger partial charge in [0.1, 0.15) is 0 Å². The SMILES string of the molecule is CCCCCCCCCCC(O)CC(N)(CCCCCN)CC(O)CCCCCCCCCC. The van der Waals surface area contributed by atoms with Crippen LogP contribution in [0, 0.1) is 0 Å². The molecule has 0 aromatic heterocycles. The largest absolute Gasteiger partial charge is 0.393 e. The van der Waals surface area contributed by atoms with E-state index in [0.29, 0.717) is 12.8 Å². The fraction of sp³-hybridized carbons (Fsp3) is 1.00. The van der Waals surface area contributed by atoms with Gasteiger partial charge in [-0.05, 0) is 45.1 Å². The first-order chi connectivity index (χ1) is 16.5. The van der Waals surface area contributed by atoms with Gasteiger partial charge in [-0.15, -0.1) is 0 Å². The Kier molecular flexibility index (Phi) is 24.4. The summed E-state index contributed by atoms with van der Waals surface area (Å²) in [7, 11) is 0. The normalized spacial score (nSPS) is 15.4. The predicted octanol–water partition coefficient (Wildman–Crippen LogP) is 7.77. The van der Waals surface area contributed by atoms with E-state index >= 15 is 0 Å². The van der Waals surface area contributed by atoms with Crippen LogP contribution in [0.15, 0.2) is 0 Å². The molecule has 0 fully saturated rings. The predicted molar refractivity (Wildman–Crippen MR) is 150 cm³/mol. The fourth-order valence-electron chi connectivity index (χ4n) is 5.26. The van der Waals surface area contributed by atoms with Crippen LogP contribution >= 0.6 is 0 Å². The van der Waals surface area contributed by atoms with E-state index in [2.05, 4.69) is 13.8 Å². The molecule has 4 nitrogen and oxygen atoms in total. The number of aliphatic hydroxyl groups excluding tert-OH is 2. The minimum atomic E-state index is -0.465. The average Bonchev–Trinajstić information content (AvgIpc) is 2.80. The van der Waals surface area contributed by atoms with Crippen molar-refractivity contribution in [2.24, 2.45) is 11.5 Å². The van der Waals surface area contributed by atoms with Crippen molar-refractivity contribution in [3.05, 3.63) is 0 Å². The summed E-state index contributed by atoms with van der Waals surface area (Å²) in [5, 5.41) is 21.5. The third-order valence-corrected chi connectivity index (χ3v) is 7.44. The van der Waals surface area contributed by atoms with Crippen molar-refractivity contribution in [2.45, 2.75) is 186 Å². The van der Waals surface area contributed by atoms with Gasteiger partial charge in [0.15, 0.2) is 0 Å². The van der Waals surface area contributed by atoms with Crippen LogP contribution in [-0.4, -0.2) is 34.5 Å². The zero-order valence-corrected chi connectivity index (χ0v) is 23.4. The molecule has 0 spiro atoms. The van der Waals surface area contributed by atoms with Crippen LogP contribution in [0.4, 0.5) is 0 Å². The quantitative estimate of drug-likeness (QED) is 0.0896. The van der Waals surface area contributed by atoms with Crippen molar-refractivity contribution in [1.82, 2.24) is 0 Å². The molecule has 2 unspecified atom stereocenters. The van der Waals surface area contributed by atoms with Crippen LogP contribution in [0.3, 0.4) is 0 Å². The maximum absolute atomic E-state index is 10.7. The highest BCUT2D eigenvalue weighted by molar-refractivity contribution is 4.89. The first-order valence-electron chi connectivity index (χ1n) is 15.3. The molecule has 0 aliphatic rings. The van der Waals surface area contributed by atoms with Gasteiger partial charge in [0.05, 0.1) is 12.2 Å². The van der Waals surface area contributed by atoms with Crippen molar-refractivity contribution in [1.29, 1.82) is 0 Å². The van der Waals surface area contributed by atoms with Crippen LogP contribution in [-0.2, 0) is 0 Å². The van der Waals surface area contributed by atoms with Gasteiger partial charge in [-0.2, -0.15) is 0 Å². The van der Waals surface area contributed by atoms with Gasteiger partial charge in [0.2, 0.25) is 0 Å². The molecule has 4 heteroatoms. The number of rotatable bonds is 27. The lowest BCUT2D eigenvalue weighted by Gasteiger charge is -2.34. The van der Waals surface area contributed by atoms with Crippen molar-refractivity contribution < 1.29 is 10.2 Å². The Hall–Kier alpha value is -0.160. The summed E-state index contributed by atoms with van der Waals surface area (Å²) in [6, 6.07) is 0. The Labute approximate surface area is 214 Å². The Morgan fingerprint density at radius 1 is 0.529 bits per heavy atom. The molecule has 0 rings (SSSR count). The second kappa shape index (κ2) is 24.5. The Balaban J connectivity index is 4.25. The molecule has 0 bridgehead atoms. The molecule has 0 aromatic rings. The molecule has 0 radical (unpaired) electrons. The number of unbranched alkanes of at least 4 members (excludes halogenated alkanes) is 16. The highest BCUT2D eigenvalue weighted by Gasteiger charge is 2.30. The summed E-state index contributed by atoms with van der Waals surface area (Å²) in [6.45, 7) is 5.23. The van der Waals surface area contributed by atoms with E-state index in [9.17, 15) is 10.2 Å². The third kappa shape index (κ3) is 22.3. The van der Waals surface area contributed by atoms with Crippen molar-refractivity contribution in [2.75, 3.05) is 6.54 Å². The molecule has 206 valence electrons. The molecule has 0 heterocycles. The Bertz CT molecular complexity index is 377. The van der Waals surface area contributed by atoms with Crippen LogP contribution in [0.5, 0.6) is 0 Å². The molecule has 0 aliphatic carbocycles.